The van der Waals surface area contributed by atoms with E-state index in [-0.39, 0.29) is 5.91 Å². The molecular formula is C16H15N3O. The van der Waals surface area contributed by atoms with Gasteiger partial charge >= 0.3 is 0 Å². The number of hydrogen-bond donors (Lipinski definition) is 0. The third kappa shape index (κ3) is 1.90. The van der Waals surface area contributed by atoms with Crippen molar-refractivity contribution in [3.8, 4) is 0 Å². The van der Waals surface area contributed by atoms with Crippen LogP contribution in [-0.2, 0) is 7.05 Å². The molecule has 2 aromatic rings. The number of nitrogens with zero attached hydrogens (tertiary/aromatic N) is 3. The second kappa shape index (κ2) is 4.56. The van der Waals surface area contributed by atoms with Crippen LogP contribution in [0.5, 0.6) is 0 Å². The second-order valence-electron chi connectivity index (χ2n) is 4.96. The lowest BCUT2D eigenvalue weighted by Gasteiger charge is -2.00. The van der Waals surface area contributed by atoms with E-state index in [1.54, 1.807) is 6.21 Å². The number of amides is 1. The molecule has 0 bridgehead atoms. The SMILES string of the molecule is Cc1cn(C)c(C)c1C(=O)/N=C1\C=Nc2ccccc21. The Morgan fingerprint density at radius 2 is 2.00 bits per heavy atom. The molecule has 0 atom stereocenters. The first kappa shape index (κ1) is 12.5. The molecule has 0 spiro atoms. The van der Waals surface area contributed by atoms with Gasteiger partial charge in [0.25, 0.3) is 5.91 Å². The Bertz CT molecular complexity index is 766. The van der Waals surface area contributed by atoms with Crippen molar-refractivity contribution in [1.29, 1.82) is 0 Å². The van der Waals surface area contributed by atoms with Crippen molar-refractivity contribution >= 4 is 23.5 Å². The van der Waals surface area contributed by atoms with Gasteiger partial charge in [0.1, 0.15) is 0 Å². The van der Waals surface area contributed by atoms with Crippen LogP contribution in [0.15, 0.2) is 40.4 Å². The Morgan fingerprint density at radius 3 is 2.70 bits per heavy atom. The van der Waals surface area contributed by atoms with E-state index in [0.717, 1.165) is 22.5 Å². The first-order valence-corrected chi connectivity index (χ1v) is 6.47. The number of aliphatic imine (C=N–C) groups is 2. The number of hydrogen-bond acceptors (Lipinski definition) is 2. The Balaban J connectivity index is 2.02. The number of para-hydroxylation sites is 1. The topological polar surface area (TPSA) is 46.7 Å². The number of carbonyl (C=O) groups is 1. The van der Waals surface area contributed by atoms with E-state index in [1.165, 1.54) is 0 Å². The molecular weight excluding hydrogens is 250 g/mol. The van der Waals surface area contributed by atoms with Crippen LogP contribution in [0.4, 0.5) is 5.69 Å². The molecule has 2 heterocycles. The van der Waals surface area contributed by atoms with Crippen molar-refractivity contribution in [1.82, 2.24) is 4.57 Å². The average molecular weight is 265 g/mol. The van der Waals surface area contributed by atoms with E-state index in [9.17, 15) is 4.79 Å². The molecule has 0 aliphatic carbocycles. The van der Waals surface area contributed by atoms with Crippen LogP contribution in [0.25, 0.3) is 0 Å². The molecule has 4 heteroatoms. The minimum atomic E-state index is -0.209. The van der Waals surface area contributed by atoms with E-state index in [0.29, 0.717) is 11.3 Å². The number of fused-ring (bicyclic) bond motifs is 1. The fourth-order valence-corrected chi connectivity index (χ4v) is 2.49. The molecule has 1 amide bonds. The zero-order chi connectivity index (χ0) is 14.3. The number of carbonyl (C=O) groups excluding carboxylic acids is 1. The fourth-order valence-electron chi connectivity index (χ4n) is 2.49. The summed E-state index contributed by atoms with van der Waals surface area (Å²) in [6.07, 6.45) is 3.59. The summed E-state index contributed by atoms with van der Waals surface area (Å²) in [6, 6.07) is 7.69. The van der Waals surface area contributed by atoms with Gasteiger partial charge in [-0.25, -0.2) is 4.99 Å². The van der Waals surface area contributed by atoms with Gasteiger partial charge in [0.15, 0.2) is 0 Å². The summed E-state index contributed by atoms with van der Waals surface area (Å²) in [5, 5.41) is 0. The lowest BCUT2D eigenvalue weighted by Crippen LogP contribution is -2.06. The molecule has 0 saturated carbocycles. The normalized spacial score (nSPS) is 14.8. The van der Waals surface area contributed by atoms with Gasteiger partial charge in [-0.05, 0) is 25.5 Å². The molecule has 0 N–H and O–H groups in total. The van der Waals surface area contributed by atoms with Crippen LogP contribution in [0, 0.1) is 13.8 Å². The molecule has 1 aliphatic rings. The van der Waals surface area contributed by atoms with E-state index in [2.05, 4.69) is 9.98 Å². The minimum Gasteiger partial charge on any atom is -0.354 e. The summed E-state index contributed by atoms with van der Waals surface area (Å²) < 4.78 is 1.94. The maximum Gasteiger partial charge on any atom is 0.279 e. The molecule has 1 aliphatic heterocycles. The Labute approximate surface area is 117 Å². The van der Waals surface area contributed by atoms with Gasteiger partial charge < -0.3 is 4.57 Å². The Morgan fingerprint density at radius 1 is 1.25 bits per heavy atom. The molecule has 0 saturated heterocycles. The molecule has 4 nitrogen and oxygen atoms in total. The van der Waals surface area contributed by atoms with Gasteiger partial charge in [0.2, 0.25) is 0 Å². The van der Waals surface area contributed by atoms with Crippen LogP contribution in [0.2, 0.25) is 0 Å². The second-order valence-corrected chi connectivity index (χ2v) is 4.96. The molecule has 1 aromatic heterocycles. The number of benzene rings is 1. The molecule has 100 valence electrons. The maximum atomic E-state index is 12.4. The van der Waals surface area contributed by atoms with Crippen molar-refractivity contribution in [3.05, 3.63) is 52.8 Å². The highest BCUT2D eigenvalue weighted by molar-refractivity contribution is 6.44. The average Bonchev–Trinajstić information content (AvgIpc) is 2.92. The van der Waals surface area contributed by atoms with Gasteiger partial charge in [-0.15, -0.1) is 0 Å². The molecule has 1 aromatic carbocycles. The third-order valence-electron chi connectivity index (χ3n) is 3.61. The molecule has 20 heavy (non-hydrogen) atoms. The van der Waals surface area contributed by atoms with Gasteiger partial charge in [-0.1, -0.05) is 18.2 Å². The van der Waals surface area contributed by atoms with Crippen LogP contribution in [0.1, 0.15) is 27.2 Å². The lowest BCUT2D eigenvalue weighted by atomic mass is 10.1. The fraction of sp³-hybridized carbons (Fsp3) is 0.188. The highest BCUT2D eigenvalue weighted by atomic mass is 16.1. The quantitative estimate of drug-likeness (QED) is 0.781. The Kier molecular flexibility index (Phi) is 2.86. The number of aromatic nitrogens is 1. The zero-order valence-corrected chi connectivity index (χ0v) is 11.7. The van der Waals surface area contributed by atoms with Crippen LogP contribution in [-0.4, -0.2) is 22.4 Å². The lowest BCUT2D eigenvalue weighted by molar-refractivity contribution is 0.100. The zero-order valence-electron chi connectivity index (χ0n) is 11.7. The van der Waals surface area contributed by atoms with Gasteiger partial charge in [0, 0.05) is 24.5 Å². The predicted octanol–water partition coefficient (Wildman–Crippen LogP) is 2.99. The van der Waals surface area contributed by atoms with E-state index in [1.807, 2.05) is 55.9 Å². The first-order chi connectivity index (χ1) is 9.58. The molecule has 0 fully saturated rings. The highest BCUT2D eigenvalue weighted by Crippen LogP contribution is 2.24. The Hall–Kier alpha value is -2.49. The van der Waals surface area contributed by atoms with E-state index < -0.39 is 0 Å². The summed E-state index contributed by atoms with van der Waals surface area (Å²) in [7, 11) is 1.93. The number of rotatable bonds is 1. The van der Waals surface area contributed by atoms with Gasteiger partial charge in [-0.2, -0.15) is 0 Å². The van der Waals surface area contributed by atoms with Crippen molar-refractivity contribution < 1.29 is 4.79 Å². The van der Waals surface area contributed by atoms with Crippen LogP contribution in [0.3, 0.4) is 0 Å². The van der Waals surface area contributed by atoms with E-state index in [4.69, 9.17) is 0 Å². The highest BCUT2D eigenvalue weighted by Gasteiger charge is 2.18. The summed E-state index contributed by atoms with van der Waals surface area (Å²) in [5.41, 5.74) is 4.96. The largest absolute Gasteiger partial charge is 0.354 e. The summed E-state index contributed by atoms with van der Waals surface area (Å²) >= 11 is 0. The summed E-state index contributed by atoms with van der Waals surface area (Å²) in [4.78, 5) is 20.9. The summed E-state index contributed by atoms with van der Waals surface area (Å²) in [5.74, 6) is -0.209. The monoisotopic (exact) mass is 265 g/mol. The standard InChI is InChI=1S/C16H15N3O/c1-10-9-19(3)11(2)15(10)16(20)18-14-8-17-13-7-5-4-6-12(13)14/h4-9H,1-3H3/b18-14+. The van der Waals surface area contributed by atoms with Crippen molar-refractivity contribution in [3.63, 3.8) is 0 Å². The van der Waals surface area contributed by atoms with Gasteiger partial charge in [-0.3, -0.25) is 9.79 Å². The van der Waals surface area contributed by atoms with Crippen LogP contribution >= 0.6 is 0 Å². The van der Waals surface area contributed by atoms with Crippen molar-refractivity contribution in [2.75, 3.05) is 0 Å². The summed E-state index contributed by atoms with van der Waals surface area (Å²) in [6.45, 7) is 3.86. The maximum absolute atomic E-state index is 12.4. The van der Waals surface area contributed by atoms with Crippen LogP contribution < -0.4 is 0 Å². The van der Waals surface area contributed by atoms with E-state index >= 15 is 0 Å². The molecule has 3 rings (SSSR count). The minimum absolute atomic E-state index is 0.209. The van der Waals surface area contributed by atoms with Crippen molar-refractivity contribution in [2.24, 2.45) is 17.0 Å². The first-order valence-electron chi connectivity index (χ1n) is 6.47. The molecule has 0 unspecified atom stereocenters. The smallest absolute Gasteiger partial charge is 0.279 e. The van der Waals surface area contributed by atoms with Gasteiger partial charge in [0.05, 0.1) is 23.2 Å². The third-order valence-corrected chi connectivity index (χ3v) is 3.61. The van der Waals surface area contributed by atoms with Crippen molar-refractivity contribution in [2.45, 2.75) is 13.8 Å². The predicted molar refractivity (Wildman–Crippen MR) is 80.3 cm³/mol. The number of aryl methyl sites for hydroxylation is 2. The molecule has 0 radical (unpaired) electrons.